The summed E-state index contributed by atoms with van der Waals surface area (Å²) in [6.07, 6.45) is 7.09. The summed E-state index contributed by atoms with van der Waals surface area (Å²) in [5, 5.41) is 0. The Kier molecular flexibility index (Phi) is 5.16. The van der Waals surface area contributed by atoms with E-state index in [0.29, 0.717) is 24.9 Å². The molecule has 5 rings (SSSR count). The lowest BCUT2D eigenvalue weighted by molar-refractivity contribution is -0.131. The molecule has 5 nitrogen and oxygen atoms in total. The zero-order chi connectivity index (χ0) is 18.1. The van der Waals surface area contributed by atoms with E-state index in [9.17, 15) is 9.59 Å². The summed E-state index contributed by atoms with van der Waals surface area (Å²) >= 11 is 0. The lowest BCUT2D eigenvalue weighted by Crippen LogP contribution is -2.47. The van der Waals surface area contributed by atoms with Gasteiger partial charge in [-0.2, -0.15) is 0 Å². The number of aryl methyl sites for hydroxylation is 1. The van der Waals surface area contributed by atoms with E-state index < -0.39 is 0 Å². The van der Waals surface area contributed by atoms with Gasteiger partial charge in [0, 0.05) is 56.9 Å². The Labute approximate surface area is 156 Å². The van der Waals surface area contributed by atoms with Crippen LogP contribution in [0.1, 0.15) is 44.2 Å². The Morgan fingerprint density at radius 3 is 2.69 bits per heavy atom. The van der Waals surface area contributed by atoms with Crippen molar-refractivity contribution in [1.82, 2.24) is 14.4 Å². The Morgan fingerprint density at radius 1 is 1.12 bits per heavy atom. The number of amides is 1. The van der Waals surface area contributed by atoms with E-state index in [1.54, 1.807) is 16.7 Å². The Bertz CT molecular complexity index is 709. The van der Waals surface area contributed by atoms with Gasteiger partial charge < -0.3 is 9.47 Å². The van der Waals surface area contributed by atoms with Crippen molar-refractivity contribution in [3.8, 4) is 0 Å². The van der Waals surface area contributed by atoms with Gasteiger partial charge in [0.05, 0.1) is 0 Å². The number of fused-ring (bicyclic) bond motifs is 4. The summed E-state index contributed by atoms with van der Waals surface area (Å²) in [6, 6.07) is 5.82. The molecule has 2 atom stereocenters. The molecule has 3 saturated heterocycles. The van der Waals surface area contributed by atoms with E-state index in [-0.39, 0.29) is 11.5 Å². The summed E-state index contributed by atoms with van der Waals surface area (Å²) in [5.74, 6) is 1.73. The third-order valence-electron chi connectivity index (χ3n) is 6.71. The number of hydrogen-bond donors (Lipinski definition) is 0. The Hall–Kier alpha value is -1.62. The Balaban J connectivity index is 1.37. The van der Waals surface area contributed by atoms with Crippen molar-refractivity contribution in [3.05, 3.63) is 34.2 Å². The van der Waals surface area contributed by atoms with Crippen LogP contribution in [0.3, 0.4) is 0 Å². The fourth-order valence-electron chi connectivity index (χ4n) is 4.89. The van der Waals surface area contributed by atoms with E-state index in [4.69, 9.17) is 0 Å². The summed E-state index contributed by atoms with van der Waals surface area (Å²) in [6.45, 7) is 6.60. The monoisotopic (exact) mass is 357 g/mol. The van der Waals surface area contributed by atoms with Gasteiger partial charge in [-0.3, -0.25) is 14.5 Å². The van der Waals surface area contributed by atoms with Crippen molar-refractivity contribution in [3.63, 3.8) is 0 Å². The first-order chi connectivity index (χ1) is 12.6. The van der Waals surface area contributed by atoms with Crippen LogP contribution in [0.25, 0.3) is 0 Å². The van der Waals surface area contributed by atoms with Crippen LogP contribution >= 0.6 is 0 Å². The second kappa shape index (κ2) is 7.55. The van der Waals surface area contributed by atoms with Gasteiger partial charge in [-0.25, -0.2) is 0 Å². The molecule has 1 amide bonds. The fourth-order valence-corrected chi connectivity index (χ4v) is 4.89. The van der Waals surface area contributed by atoms with Crippen LogP contribution < -0.4 is 5.56 Å². The largest absolute Gasteiger partial charge is 0.341 e. The van der Waals surface area contributed by atoms with Crippen LogP contribution in [0, 0.1) is 18.8 Å². The number of piperidine rings is 1. The van der Waals surface area contributed by atoms with Gasteiger partial charge in [0.25, 0.3) is 5.56 Å². The van der Waals surface area contributed by atoms with E-state index in [1.807, 2.05) is 13.0 Å². The molecule has 0 aromatic carbocycles. The van der Waals surface area contributed by atoms with Crippen LogP contribution in [-0.2, 0) is 11.3 Å². The second-order valence-corrected chi connectivity index (χ2v) is 8.55. The first-order valence-electron chi connectivity index (χ1n) is 10.3. The molecule has 4 aliphatic rings. The van der Waals surface area contributed by atoms with Crippen molar-refractivity contribution in [2.24, 2.45) is 11.8 Å². The molecule has 3 aliphatic heterocycles. The molecule has 4 fully saturated rings. The van der Waals surface area contributed by atoms with Crippen molar-refractivity contribution in [1.29, 1.82) is 0 Å². The molecule has 0 unspecified atom stereocenters. The predicted octanol–water partition coefficient (Wildman–Crippen LogP) is 2.27. The number of aromatic nitrogens is 1. The maximum absolute atomic E-state index is 12.9. The molecule has 1 aliphatic carbocycles. The number of hydrogen-bond acceptors (Lipinski definition) is 3. The minimum atomic E-state index is -0.0135. The highest BCUT2D eigenvalue weighted by atomic mass is 16.2. The lowest BCUT2D eigenvalue weighted by Gasteiger charge is -2.40. The van der Waals surface area contributed by atoms with E-state index >= 15 is 0 Å². The van der Waals surface area contributed by atoms with Crippen LogP contribution in [0.4, 0.5) is 0 Å². The third-order valence-corrected chi connectivity index (χ3v) is 6.71. The fraction of sp³-hybridized carbons (Fsp3) is 0.714. The molecule has 0 N–H and O–H groups in total. The molecule has 0 spiro atoms. The summed E-state index contributed by atoms with van der Waals surface area (Å²) in [5.41, 5.74) is 0.910. The lowest BCUT2D eigenvalue weighted by atomic mass is 9.83. The van der Waals surface area contributed by atoms with Gasteiger partial charge in [-0.15, -0.1) is 0 Å². The SMILES string of the molecule is Cc1cccc(=O)n1CCC(=O)N1C[C@H]2CC[C@@H](C1)N(CC1CCC1)C2. The van der Waals surface area contributed by atoms with E-state index in [0.717, 1.165) is 24.7 Å². The third kappa shape index (κ3) is 3.73. The number of pyridine rings is 1. The molecule has 1 aromatic heterocycles. The van der Waals surface area contributed by atoms with E-state index in [1.165, 1.54) is 45.2 Å². The average Bonchev–Trinajstić information content (AvgIpc) is 2.89. The number of nitrogens with zero attached hydrogens (tertiary/aromatic N) is 3. The van der Waals surface area contributed by atoms with Crippen molar-refractivity contribution in [2.45, 2.75) is 58.0 Å². The second-order valence-electron chi connectivity index (χ2n) is 8.55. The zero-order valence-electron chi connectivity index (χ0n) is 15.9. The summed E-state index contributed by atoms with van der Waals surface area (Å²) in [4.78, 5) is 29.6. The molecule has 4 heterocycles. The van der Waals surface area contributed by atoms with Crippen LogP contribution in [0.2, 0.25) is 0 Å². The molecule has 2 bridgehead atoms. The van der Waals surface area contributed by atoms with Crippen LogP contribution in [0.5, 0.6) is 0 Å². The standard InChI is InChI=1S/C21H31N3O2/c1-16-4-2-7-21(26)24(16)11-10-20(25)23-14-18-8-9-19(15-23)22(13-18)12-17-5-3-6-17/h2,4,7,17-19H,3,5-6,8-15H2,1H3/t18-,19-/m0/s1. The first-order valence-corrected chi connectivity index (χ1v) is 10.3. The smallest absolute Gasteiger partial charge is 0.250 e. The molecule has 142 valence electrons. The highest BCUT2D eigenvalue weighted by Crippen LogP contribution is 2.33. The molecule has 0 radical (unpaired) electrons. The Morgan fingerprint density at radius 2 is 1.96 bits per heavy atom. The van der Waals surface area contributed by atoms with Crippen LogP contribution in [-0.4, -0.2) is 52.5 Å². The van der Waals surface area contributed by atoms with Gasteiger partial charge in [0.2, 0.25) is 5.91 Å². The average molecular weight is 357 g/mol. The molecule has 1 saturated carbocycles. The van der Waals surface area contributed by atoms with Gasteiger partial charge in [0.15, 0.2) is 0 Å². The quantitative estimate of drug-likeness (QED) is 0.812. The van der Waals surface area contributed by atoms with Crippen molar-refractivity contribution >= 4 is 5.91 Å². The van der Waals surface area contributed by atoms with Gasteiger partial charge in [-0.05, 0) is 50.5 Å². The summed E-state index contributed by atoms with van der Waals surface area (Å²) < 4.78 is 1.72. The minimum absolute atomic E-state index is 0.0135. The number of rotatable bonds is 5. The molecule has 5 heteroatoms. The highest BCUT2D eigenvalue weighted by Gasteiger charge is 2.37. The van der Waals surface area contributed by atoms with Crippen molar-refractivity contribution < 1.29 is 4.79 Å². The van der Waals surface area contributed by atoms with Crippen LogP contribution in [0.15, 0.2) is 23.0 Å². The van der Waals surface area contributed by atoms with E-state index in [2.05, 4.69) is 9.80 Å². The maximum Gasteiger partial charge on any atom is 0.250 e. The number of carbonyl (C=O) groups excluding carboxylic acids is 1. The maximum atomic E-state index is 12.9. The molecule has 1 aromatic rings. The zero-order valence-corrected chi connectivity index (χ0v) is 15.9. The molecular formula is C21H31N3O2. The topological polar surface area (TPSA) is 45.6 Å². The number of carbonyl (C=O) groups is 1. The predicted molar refractivity (Wildman–Crippen MR) is 102 cm³/mol. The van der Waals surface area contributed by atoms with Gasteiger partial charge >= 0.3 is 0 Å². The van der Waals surface area contributed by atoms with Gasteiger partial charge in [0.1, 0.15) is 0 Å². The highest BCUT2D eigenvalue weighted by molar-refractivity contribution is 5.76. The normalized spacial score (nSPS) is 26.6. The molecular weight excluding hydrogens is 326 g/mol. The first kappa shape index (κ1) is 17.8. The minimum Gasteiger partial charge on any atom is -0.341 e. The van der Waals surface area contributed by atoms with Gasteiger partial charge in [-0.1, -0.05) is 12.5 Å². The van der Waals surface area contributed by atoms with Crippen molar-refractivity contribution in [2.75, 3.05) is 26.2 Å². The molecule has 26 heavy (non-hydrogen) atoms. The summed E-state index contributed by atoms with van der Waals surface area (Å²) in [7, 11) is 0.